The quantitative estimate of drug-likeness (QED) is 0.812. The molecule has 0 spiro atoms. The summed E-state index contributed by atoms with van der Waals surface area (Å²) in [6.07, 6.45) is 10.1. The van der Waals surface area contributed by atoms with E-state index in [1.54, 1.807) is 0 Å². The zero-order valence-corrected chi connectivity index (χ0v) is 12.9. The molecule has 3 rings (SSSR count). The minimum atomic E-state index is 0.296. The molecule has 1 aliphatic heterocycles. The molecule has 3 aliphatic rings. The maximum absolute atomic E-state index is 12.2. The summed E-state index contributed by atoms with van der Waals surface area (Å²) in [6, 6.07) is 0.498. The van der Waals surface area contributed by atoms with Crippen LogP contribution in [0.1, 0.15) is 58.3 Å². The van der Waals surface area contributed by atoms with E-state index >= 15 is 0 Å². The Hall–Kier alpha value is -0.570. The zero-order valence-electron chi connectivity index (χ0n) is 12.9. The lowest BCUT2D eigenvalue weighted by atomic mass is 9.86. The minimum absolute atomic E-state index is 0.296. The first-order valence-corrected chi connectivity index (χ1v) is 8.76. The molecule has 0 radical (unpaired) electrons. The van der Waals surface area contributed by atoms with Gasteiger partial charge in [-0.3, -0.25) is 4.79 Å². The molecule has 5 unspecified atom stereocenters. The highest BCUT2D eigenvalue weighted by atomic mass is 16.1. The van der Waals surface area contributed by atoms with E-state index in [0.29, 0.717) is 17.9 Å². The predicted octanol–water partition coefficient (Wildman–Crippen LogP) is 2.71. The van der Waals surface area contributed by atoms with E-state index in [1.807, 2.05) is 0 Å². The molecule has 2 saturated carbocycles. The van der Waals surface area contributed by atoms with Crippen LogP contribution in [0, 0.1) is 23.7 Å². The van der Waals surface area contributed by atoms with Crippen LogP contribution < -0.4 is 10.6 Å². The van der Waals surface area contributed by atoms with Crippen molar-refractivity contribution < 1.29 is 4.79 Å². The third-order valence-electron chi connectivity index (χ3n) is 6.10. The molecule has 1 saturated heterocycles. The second-order valence-corrected chi connectivity index (χ2v) is 7.31. The highest BCUT2D eigenvalue weighted by molar-refractivity contribution is 5.76. The second kappa shape index (κ2) is 6.46. The summed E-state index contributed by atoms with van der Waals surface area (Å²) in [6.45, 7) is 4.21. The Morgan fingerprint density at radius 2 is 2.10 bits per heavy atom. The normalized spacial score (nSPS) is 40.0. The first kappa shape index (κ1) is 14.4. The summed E-state index contributed by atoms with van der Waals surface area (Å²) in [5, 5.41) is 6.78. The van der Waals surface area contributed by atoms with Crippen LogP contribution in [0.4, 0.5) is 0 Å². The van der Waals surface area contributed by atoms with Crippen LogP contribution in [0.25, 0.3) is 0 Å². The summed E-state index contributed by atoms with van der Waals surface area (Å²) in [4.78, 5) is 12.2. The smallest absolute Gasteiger partial charge is 0.220 e. The first-order valence-electron chi connectivity index (χ1n) is 8.76. The standard InChI is InChI=1S/C17H30N2O/c1-2-13-4-3-7-18-16(13)11-19-17(20)10-15-9-12-5-6-14(15)8-12/h12-16,18H,2-11H2,1H3,(H,19,20). The van der Waals surface area contributed by atoms with Crippen molar-refractivity contribution in [3.8, 4) is 0 Å². The van der Waals surface area contributed by atoms with Crippen LogP contribution in [0.15, 0.2) is 0 Å². The van der Waals surface area contributed by atoms with Crippen molar-refractivity contribution in [3.05, 3.63) is 0 Å². The van der Waals surface area contributed by atoms with Crippen molar-refractivity contribution in [3.63, 3.8) is 0 Å². The summed E-state index contributed by atoms with van der Waals surface area (Å²) in [5.41, 5.74) is 0. The molecule has 1 amide bonds. The molecule has 0 aromatic rings. The Labute approximate surface area is 123 Å². The van der Waals surface area contributed by atoms with E-state index < -0.39 is 0 Å². The number of carbonyl (C=O) groups excluding carboxylic acids is 1. The summed E-state index contributed by atoms with van der Waals surface area (Å²) in [7, 11) is 0. The molecule has 1 heterocycles. The zero-order chi connectivity index (χ0) is 13.9. The van der Waals surface area contributed by atoms with E-state index in [0.717, 1.165) is 37.3 Å². The van der Waals surface area contributed by atoms with Gasteiger partial charge in [-0.15, -0.1) is 0 Å². The number of piperidine rings is 1. The first-order chi connectivity index (χ1) is 9.76. The number of rotatable bonds is 5. The number of amides is 1. The Kier molecular flexibility index (Phi) is 4.65. The highest BCUT2D eigenvalue weighted by Gasteiger charge is 2.40. The van der Waals surface area contributed by atoms with E-state index in [4.69, 9.17) is 0 Å². The van der Waals surface area contributed by atoms with Crippen LogP contribution in [0.5, 0.6) is 0 Å². The van der Waals surface area contributed by atoms with Crippen LogP contribution in [-0.2, 0) is 4.79 Å². The molecule has 3 fully saturated rings. The molecule has 0 aromatic heterocycles. The molecule has 0 aromatic carbocycles. The number of hydrogen-bond acceptors (Lipinski definition) is 2. The maximum Gasteiger partial charge on any atom is 0.220 e. The van der Waals surface area contributed by atoms with Crippen LogP contribution in [0.3, 0.4) is 0 Å². The fraction of sp³-hybridized carbons (Fsp3) is 0.941. The van der Waals surface area contributed by atoms with Crippen LogP contribution >= 0.6 is 0 Å². The van der Waals surface area contributed by atoms with Gasteiger partial charge in [-0.2, -0.15) is 0 Å². The van der Waals surface area contributed by atoms with E-state index in [1.165, 1.54) is 44.9 Å². The van der Waals surface area contributed by atoms with E-state index in [9.17, 15) is 4.79 Å². The van der Waals surface area contributed by atoms with Crippen molar-refractivity contribution >= 4 is 5.91 Å². The van der Waals surface area contributed by atoms with Crippen molar-refractivity contribution in [2.24, 2.45) is 23.7 Å². The van der Waals surface area contributed by atoms with Gasteiger partial charge in [0, 0.05) is 19.0 Å². The van der Waals surface area contributed by atoms with Gasteiger partial charge in [-0.05, 0) is 62.3 Å². The number of nitrogens with one attached hydrogen (secondary N) is 2. The van der Waals surface area contributed by atoms with Gasteiger partial charge >= 0.3 is 0 Å². The number of hydrogen-bond donors (Lipinski definition) is 2. The van der Waals surface area contributed by atoms with Gasteiger partial charge in [0.05, 0.1) is 0 Å². The third kappa shape index (κ3) is 3.19. The third-order valence-corrected chi connectivity index (χ3v) is 6.10. The molecule has 3 nitrogen and oxygen atoms in total. The molecule has 2 N–H and O–H groups in total. The summed E-state index contributed by atoms with van der Waals surface area (Å²) in [5.74, 6) is 3.54. The molecule has 5 atom stereocenters. The van der Waals surface area contributed by atoms with Crippen molar-refractivity contribution in [2.75, 3.05) is 13.1 Å². The van der Waals surface area contributed by atoms with Crippen LogP contribution in [0.2, 0.25) is 0 Å². The Morgan fingerprint density at radius 1 is 1.20 bits per heavy atom. The Morgan fingerprint density at radius 3 is 2.80 bits per heavy atom. The van der Waals surface area contributed by atoms with Gasteiger partial charge in [0.1, 0.15) is 0 Å². The SMILES string of the molecule is CCC1CCCNC1CNC(=O)CC1CC2CCC1C2. The fourth-order valence-corrected chi connectivity index (χ4v) is 4.91. The maximum atomic E-state index is 12.2. The monoisotopic (exact) mass is 278 g/mol. The van der Waals surface area contributed by atoms with E-state index in [2.05, 4.69) is 17.6 Å². The predicted molar refractivity (Wildman–Crippen MR) is 81.4 cm³/mol. The lowest BCUT2D eigenvalue weighted by molar-refractivity contribution is -0.122. The fourth-order valence-electron chi connectivity index (χ4n) is 4.91. The number of carbonyl (C=O) groups is 1. The molecule has 114 valence electrons. The summed E-state index contributed by atoms with van der Waals surface area (Å²) >= 11 is 0. The topological polar surface area (TPSA) is 41.1 Å². The van der Waals surface area contributed by atoms with Gasteiger partial charge < -0.3 is 10.6 Å². The molecule has 2 aliphatic carbocycles. The molecule has 2 bridgehead atoms. The lowest BCUT2D eigenvalue weighted by Gasteiger charge is -2.32. The molecular weight excluding hydrogens is 248 g/mol. The molecule has 3 heteroatoms. The average Bonchev–Trinajstić information content (AvgIpc) is 3.08. The largest absolute Gasteiger partial charge is 0.355 e. The van der Waals surface area contributed by atoms with Crippen LogP contribution in [-0.4, -0.2) is 25.0 Å². The van der Waals surface area contributed by atoms with Gasteiger partial charge in [-0.1, -0.05) is 19.8 Å². The number of fused-ring (bicyclic) bond motifs is 2. The highest BCUT2D eigenvalue weighted by Crippen LogP contribution is 2.49. The molecular formula is C17H30N2O. The van der Waals surface area contributed by atoms with Crippen molar-refractivity contribution in [1.82, 2.24) is 10.6 Å². The minimum Gasteiger partial charge on any atom is -0.355 e. The summed E-state index contributed by atoms with van der Waals surface area (Å²) < 4.78 is 0. The molecule has 20 heavy (non-hydrogen) atoms. The second-order valence-electron chi connectivity index (χ2n) is 7.31. The lowest BCUT2D eigenvalue weighted by Crippen LogP contribution is -2.48. The van der Waals surface area contributed by atoms with Crippen molar-refractivity contribution in [1.29, 1.82) is 0 Å². The Balaban J connectivity index is 1.40. The van der Waals surface area contributed by atoms with Gasteiger partial charge in [0.2, 0.25) is 5.91 Å². The van der Waals surface area contributed by atoms with Gasteiger partial charge in [0.15, 0.2) is 0 Å². The van der Waals surface area contributed by atoms with E-state index in [-0.39, 0.29) is 0 Å². The Bertz CT molecular complexity index is 344. The van der Waals surface area contributed by atoms with Gasteiger partial charge in [0.25, 0.3) is 0 Å². The average molecular weight is 278 g/mol. The van der Waals surface area contributed by atoms with Gasteiger partial charge in [-0.25, -0.2) is 0 Å². The van der Waals surface area contributed by atoms with Crippen molar-refractivity contribution in [2.45, 2.75) is 64.3 Å².